The standard InChI is InChI=1S/C24H28N2O4/c1-17-15-26(10-11-29-17)16-19-7-5-6-18(12-19)14-25-23(28)24(2)13-20-8-3-4-9-21(20)22(27)30-24/h3-9,12,17H,10-11,13-16H2,1-2H3,(H,25,28). The molecule has 2 unspecified atom stereocenters. The third kappa shape index (κ3) is 4.55. The van der Waals surface area contributed by atoms with Crippen molar-refractivity contribution in [2.75, 3.05) is 19.7 Å². The quantitative estimate of drug-likeness (QED) is 0.771. The summed E-state index contributed by atoms with van der Waals surface area (Å²) in [5.74, 6) is -0.728. The number of morpholine rings is 1. The number of rotatable bonds is 5. The maximum absolute atomic E-state index is 12.9. The van der Waals surface area contributed by atoms with Crippen LogP contribution in [0.3, 0.4) is 0 Å². The molecule has 0 aromatic heterocycles. The number of benzene rings is 2. The van der Waals surface area contributed by atoms with E-state index in [0.29, 0.717) is 18.5 Å². The van der Waals surface area contributed by atoms with E-state index in [9.17, 15) is 9.59 Å². The number of carbonyl (C=O) groups is 2. The van der Waals surface area contributed by atoms with Crippen LogP contribution in [-0.4, -0.2) is 48.2 Å². The van der Waals surface area contributed by atoms with Gasteiger partial charge >= 0.3 is 5.97 Å². The van der Waals surface area contributed by atoms with Crippen LogP contribution in [-0.2, 0) is 33.8 Å². The molecule has 1 fully saturated rings. The van der Waals surface area contributed by atoms with Crippen LogP contribution in [0.1, 0.15) is 40.9 Å². The molecular formula is C24H28N2O4. The molecule has 6 heteroatoms. The second kappa shape index (κ2) is 8.58. The maximum Gasteiger partial charge on any atom is 0.339 e. The minimum absolute atomic E-state index is 0.255. The Morgan fingerprint density at radius 2 is 2.00 bits per heavy atom. The summed E-state index contributed by atoms with van der Waals surface area (Å²) in [6, 6.07) is 15.5. The highest BCUT2D eigenvalue weighted by Crippen LogP contribution is 2.28. The molecule has 1 amide bonds. The van der Waals surface area contributed by atoms with Crippen molar-refractivity contribution in [1.29, 1.82) is 0 Å². The lowest BCUT2D eigenvalue weighted by atomic mass is 9.89. The number of esters is 1. The van der Waals surface area contributed by atoms with Crippen molar-refractivity contribution in [1.82, 2.24) is 10.2 Å². The zero-order valence-corrected chi connectivity index (χ0v) is 17.5. The van der Waals surface area contributed by atoms with Gasteiger partial charge < -0.3 is 14.8 Å². The topological polar surface area (TPSA) is 67.9 Å². The summed E-state index contributed by atoms with van der Waals surface area (Å²) in [4.78, 5) is 27.6. The molecule has 30 heavy (non-hydrogen) atoms. The highest BCUT2D eigenvalue weighted by Gasteiger charge is 2.42. The molecule has 2 heterocycles. The van der Waals surface area contributed by atoms with E-state index in [1.807, 2.05) is 24.3 Å². The molecule has 0 bridgehead atoms. The Morgan fingerprint density at radius 3 is 2.83 bits per heavy atom. The molecule has 4 rings (SSSR count). The first-order valence-electron chi connectivity index (χ1n) is 10.4. The van der Waals surface area contributed by atoms with Gasteiger partial charge in [0, 0.05) is 32.6 Å². The summed E-state index contributed by atoms with van der Waals surface area (Å²) in [7, 11) is 0. The molecule has 2 aliphatic heterocycles. The molecule has 2 atom stereocenters. The Kier molecular flexibility index (Phi) is 5.88. The van der Waals surface area contributed by atoms with Crippen LogP contribution in [0.15, 0.2) is 48.5 Å². The average Bonchev–Trinajstić information content (AvgIpc) is 2.72. The van der Waals surface area contributed by atoms with Gasteiger partial charge in [0.1, 0.15) is 0 Å². The van der Waals surface area contributed by atoms with Crippen LogP contribution in [0.25, 0.3) is 0 Å². The summed E-state index contributed by atoms with van der Waals surface area (Å²) in [6.07, 6.45) is 0.626. The number of hydrogen-bond acceptors (Lipinski definition) is 5. The van der Waals surface area contributed by atoms with Crippen molar-refractivity contribution >= 4 is 11.9 Å². The molecule has 1 N–H and O–H groups in total. The summed E-state index contributed by atoms with van der Waals surface area (Å²) in [6.45, 7) is 7.63. The van der Waals surface area contributed by atoms with Crippen LogP contribution in [0.4, 0.5) is 0 Å². The highest BCUT2D eigenvalue weighted by molar-refractivity contribution is 5.97. The number of fused-ring (bicyclic) bond motifs is 1. The summed E-state index contributed by atoms with van der Waals surface area (Å²) < 4.78 is 11.1. The normalized spacial score (nSPS) is 24.1. The number of hydrogen-bond donors (Lipinski definition) is 1. The first kappa shape index (κ1) is 20.6. The Hall–Kier alpha value is -2.70. The van der Waals surface area contributed by atoms with E-state index in [4.69, 9.17) is 9.47 Å². The number of amides is 1. The lowest BCUT2D eigenvalue weighted by molar-refractivity contribution is -0.139. The SMILES string of the molecule is CC1CN(Cc2cccc(CNC(=O)C3(C)Cc4ccccc4C(=O)O3)c2)CCO1. The Balaban J connectivity index is 1.38. The van der Waals surface area contributed by atoms with Gasteiger partial charge in [-0.15, -0.1) is 0 Å². The summed E-state index contributed by atoms with van der Waals surface area (Å²) in [5.41, 5.74) is 2.40. The second-order valence-electron chi connectivity index (χ2n) is 8.37. The Morgan fingerprint density at radius 1 is 1.20 bits per heavy atom. The molecule has 1 saturated heterocycles. The molecule has 0 saturated carbocycles. The molecule has 158 valence electrons. The molecule has 2 aliphatic rings. The molecular weight excluding hydrogens is 380 g/mol. The number of carbonyl (C=O) groups excluding carboxylic acids is 2. The average molecular weight is 408 g/mol. The molecule has 0 radical (unpaired) electrons. The monoisotopic (exact) mass is 408 g/mol. The third-order valence-corrected chi connectivity index (χ3v) is 5.74. The lowest BCUT2D eigenvalue weighted by Gasteiger charge is -2.33. The van der Waals surface area contributed by atoms with Gasteiger partial charge in [-0.05, 0) is 36.6 Å². The molecule has 0 spiro atoms. The van der Waals surface area contributed by atoms with Crippen molar-refractivity contribution in [2.45, 2.75) is 45.1 Å². The van der Waals surface area contributed by atoms with E-state index in [0.717, 1.165) is 37.4 Å². The van der Waals surface area contributed by atoms with E-state index in [-0.39, 0.29) is 12.0 Å². The maximum atomic E-state index is 12.9. The minimum Gasteiger partial charge on any atom is -0.445 e. The molecule has 2 aromatic carbocycles. The molecule has 0 aliphatic carbocycles. The van der Waals surface area contributed by atoms with Gasteiger partial charge in [0.15, 0.2) is 5.60 Å². The van der Waals surface area contributed by atoms with Gasteiger partial charge in [-0.25, -0.2) is 4.79 Å². The van der Waals surface area contributed by atoms with Crippen molar-refractivity contribution < 1.29 is 19.1 Å². The van der Waals surface area contributed by atoms with Gasteiger partial charge in [-0.2, -0.15) is 0 Å². The first-order chi connectivity index (χ1) is 14.4. The fourth-order valence-electron chi connectivity index (χ4n) is 4.16. The van der Waals surface area contributed by atoms with Crippen LogP contribution in [0.2, 0.25) is 0 Å². The Bertz CT molecular complexity index is 944. The molecule has 6 nitrogen and oxygen atoms in total. The Labute approximate surface area is 177 Å². The first-order valence-corrected chi connectivity index (χ1v) is 10.4. The van der Waals surface area contributed by atoms with Gasteiger partial charge in [0.05, 0.1) is 18.3 Å². The van der Waals surface area contributed by atoms with Gasteiger partial charge in [-0.1, -0.05) is 42.5 Å². The third-order valence-electron chi connectivity index (χ3n) is 5.74. The fraction of sp³-hybridized carbons (Fsp3) is 0.417. The zero-order valence-electron chi connectivity index (χ0n) is 17.5. The summed E-state index contributed by atoms with van der Waals surface area (Å²) in [5, 5.41) is 2.95. The number of nitrogens with one attached hydrogen (secondary N) is 1. The van der Waals surface area contributed by atoms with Crippen LogP contribution < -0.4 is 5.32 Å². The number of cyclic esters (lactones) is 1. The predicted molar refractivity (Wildman–Crippen MR) is 113 cm³/mol. The highest BCUT2D eigenvalue weighted by atomic mass is 16.6. The summed E-state index contributed by atoms with van der Waals surface area (Å²) >= 11 is 0. The van der Waals surface area contributed by atoms with Gasteiger partial charge in [0.2, 0.25) is 0 Å². The number of nitrogens with zero attached hydrogens (tertiary/aromatic N) is 1. The number of ether oxygens (including phenoxy) is 2. The van der Waals surface area contributed by atoms with E-state index in [2.05, 4.69) is 29.3 Å². The second-order valence-corrected chi connectivity index (χ2v) is 8.37. The van der Waals surface area contributed by atoms with Crippen molar-refractivity contribution in [3.05, 3.63) is 70.8 Å². The zero-order chi connectivity index (χ0) is 21.1. The van der Waals surface area contributed by atoms with Crippen molar-refractivity contribution in [3.63, 3.8) is 0 Å². The van der Waals surface area contributed by atoms with Crippen LogP contribution in [0, 0.1) is 0 Å². The van der Waals surface area contributed by atoms with Gasteiger partial charge in [0.25, 0.3) is 5.91 Å². The van der Waals surface area contributed by atoms with Crippen molar-refractivity contribution in [3.8, 4) is 0 Å². The van der Waals surface area contributed by atoms with E-state index in [1.165, 1.54) is 5.56 Å². The van der Waals surface area contributed by atoms with Crippen molar-refractivity contribution in [2.24, 2.45) is 0 Å². The lowest BCUT2D eigenvalue weighted by Crippen LogP contribution is -2.51. The molecule has 2 aromatic rings. The van der Waals surface area contributed by atoms with Crippen LogP contribution in [0.5, 0.6) is 0 Å². The van der Waals surface area contributed by atoms with Crippen LogP contribution >= 0.6 is 0 Å². The van der Waals surface area contributed by atoms with Gasteiger partial charge in [-0.3, -0.25) is 9.69 Å². The smallest absolute Gasteiger partial charge is 0.339 e. The predicted octanol–water partition coefficient (Wildman–Crippen LogP) is 2.70. The largest absolute Gasteiger partial charge is 0.445 e. The minimum atomic E-state index is -1.20. The fourth-order valence-corrected chi connectivity index (χ4v) is 4.16. The van der Waals surface area contributed by atoms with E-state index < -0.39 is 11.6 Å². The van der Waals surface area contributed by atoms with E-state index >= 15 is 0 Å². The van der Waals surface area contributed by atoms with E-state index in [1.54, 1.807) is 19.1 Å².